The van der Waals surface area contributed by atoms with Crippen LogP contribution in [0.4, 0.5) is 0 Å². The molecule has 1 aliphatic rings. The first kappa shape index (κ1) is 17.5. The molecule has 0 spiro atoms. The van der Waals surface area contributed by atoms with Crippen molar-refractivity contribution in [1.82, 2.24) is 10.2 Å². The molecular weight excluding hydrogens is 292 g/mol. The monoisotopic (exact) mass is 318 g/mol. The van der Waals surface area contributed by atoms with Gasteiger partial charge in [0.2, 0.25) is 5.91 Å². The fraction of sp³-hybridized carbons (Fsp3) is 0.556. The predicted octanol–water partition coefficient (Wildman–Crippen LogP) is 1.73. The molecule has 5 heteroatoms. The highest BCUT2D eigenvalue weighted by molar-refractivity contribution is 5.97. The van der Waals surface area contributed by atoms with Crippen molar-refractivity contribution in [2.24, 2.45) is 5.92 Å². The summed E-state index contributed by atoms with van der Waals surface area (Å²) < 4.78 is 0. The number of piperidine rings is 1. The summed E-state index contributed by atoms with van der Waals surface area (Å²) in [7, 11) is 0. The van der Waals surface area contributed by atoms with Gasteiger partial charge in [0.05, 0.1) is 6.10 Å². The Kier molecular flexibility index (Phi) is 5.77. The van der Waals surface area contributed by atoms with Gasteiger partial charge < -0.3 is 15.3 Å². The van der Waals surface area contributed by atoms with Gasteiger partial charge in [-0.1, -0.05) is 31.5 Å². The average Bonchev–Trinajstić information content (AvgIpc) is 2.52. The summed E-state index contributed by atoms with van der Waals surface area (Å²) in [5, 5.41) is 12.4. The number of carbonyl (C=O) groups excluding carboxylic acids is 2. The molecule has 1 aromatic carbocycles. The highest BCUT2D eigenvalue weighted by Crippen LogP contribution is 2.15. The van der Waals surface area contributed by atoms with E-state index in [-0.39, 0.29) is 23.8 Å². The lowest BCUT2D eigenvalue weighted by atomic mass is 9.99. The first-order chi connectivity index (χ1) is 10.9. The third-order valence-corrected chi connectivity index (χ3v) is 4.28. The van der Waals surface area contributed by atoms with E-state index in [0.717, 1.165) is 5.56 Å². The topological polar surface area (TPSA) is 69.6 Å². The second-order valence-electron chi connectivity index (χ2n) is 6.62. The Morgan fingerprint density at radius 2 is 1.91 bits per heavy atom. The third kappa shape index (κ3) is 4.55. The molecule has 1 heterocycles. The number of amides is 2. The molecule has 2 amide bonds. The van der Waals surface area contributed by atoms with Crippen LogP contribution in [-0.4, -0.2) is 47.1 Å². The van der Waals surface area contributed by atoms with E-state index in [4.69, 9.17) is 0 Å². The van der Waals surface area contributed by atoms with Crippen LogP contribution < -0.4 is 5.32 Å². The number of aryl methyl sites for hydroxylation is 1. The van der Waals surface area contributed by atoms with Crippen LogP contribution in [0.1, 0.15) is 42.6 Å². The Hall–Kier alpha value is -1.88. The van der Waals surface area contributed by atoms with Crippen molar-refractivity contribution >= 4 is 11.8 Å². The van der Waals surface area contributed by atoms with Crippen molar-refractivity contribution in [2.45, 2.75) is 45.8 Å². The number of nitrogens with zero attached hydrogens (tertiary/aromatic N) is 1. The van der Waals surface area contributed by atoms with E-state index >= 15 is 0 Å². The molecule has 1 unspecified atom stereocenters. The van der Waals surface area contributed by atoms with Crippen LogP contribution in [0.25, 0.3) is 0 Å². The van der Waals surface area contributed by atoms with E-state index in [1.54, 1.807) is 11.0 Å². The molecule has 0 saturated carbocycles. The number of aliphatic hydroxyl groups excluding tert-OH is 1. The number of likely N-dealkylation sites (tertiary alicyclic amines) is 1. The Balaban J connectivity index is 2.06. The lowest BCUT2D eigenvalue weighted by Gasteiger charge is -2.34. The smallest absolute Gasteiger partial charge is 0.251 e. The quantitative estimate of drug-likeness (QED) is 0.888. The molecule has 1 fully saturated rings. The number of hydrogen-bond acceptors (Lipinski definition) is 3. The average molecular weight is 318 g/mol. The molecule has 2 N–H and O–H groups in total. The molecule has 1 aliphatic heterocycles. The molecule has 0 aromatic heterocycles. The first-order valence-electron chi connectivity index (χ1n) is 8.23. The highest BCUT2D eigenvalue weighted by atomic mass is 16.3. The molecule has 0 radical (unpaired) electrons. The SMILES string of the molecule is Cc1cccc(C(=O)NC(C(=O)N2CCC(O)CC2)C(C)C)c1. The van der Waals surface area contributed by atoms with E-state index in [1.807, 2.05) is 39.0 Å². The van der Waals surface area contributed by atoms with Gasteiger partial charge in [-0.05, 0) is 37.8 Å². The van der Waals surface area contributed by atoms with Gasteiger partial charge in [-0.3, -0.25) is 9.59 Å². The Bertz CT molecular complexity index is 563. The fourth-order valence-electron chi connectivity index (χ4n) is 2.81. The standard InChI is InChI=1S/C18H26N2O3/c1-12(2)16(18(23)20-9-7-15(21)8-10-20)19-17(22)14-6-4-5-13(3)11-14/h4-6,11-12,15-16,21H,7-10H2,1-3H3,(H,19,22). The zero-order chi connectivity index (χ0) is 17.0. The van der Waals surface area contributed by atoms with Crippen molar-refractivity contribution in [3.05, 3.63) is 35.4 Å². The van der Waals surface area contributed by atoms with Crippen LogP contribution in [0.3, 0.4) is 0 Å². The molecule has 1 atom stereocenters. The van der Waals surface area contributed by atoms with Crippen molar-refractivity contribution < 1.29 is 14.7 Å². The van der Waals surface area contributed by atoms with Crippen molar-refractivity contribution in [3.63, 3.8) is 0 Å². The zero-order valence-electron chi connectivity index (χ0n) is 14.1. The number of aliphatic hydroxyl groups is 1. The third-order valence-electron chi connectivity index (χ3n) is 4.28. The van der Waals surface area contributed by atoms with Crippen LogP contribution in [0.5, 0.6) is 0 Å². The van der Waals surface area contributed by atoms with Crippen molar-refractivity contribution in [2.75, 3.05) is 13.1 Å². The normalized spacial score (nSPS) is 17.2. The van der Waals surface area contributed by atoms with Crippen LogP contribution in [0, 0.1) is 12.8 Å². The van der Waals surface area contributed by atoms with E-state index in [1.165, 1.54) is 0 Å². The summed E-state index contributed by atoms with van der Waals surface area (Å²) in [4.78, 5) is 26.9. The van der Waals surface area contributed by atoms with E-state index in [0.29, 0.717) is 31.5 Å². The maximum absolute atomic E-state index is 12.7. The lowest BCUT2D eigenvalue weighted by molar-refractivity contribution is -0.136. The molecule has 1 aromatic rings. The van der Waals surface area contributed by atoms with Gasteiger partial charge in [-0.25, -0.2) is 0 Å². The summed E-state index contributed by atoms with van der Waals surface area (Å²) in [6, 6.07) is 6.79. The maximum Gasteiger partial charge on any atom is 0.251 e. The minimum Gasteiger partial charge on any atom is -0.393 e. The van der Waals surface area contributed by atoms with Gasteiger partial charge in [0, 0.05) is 18.7 Å². The Labute approximate surface area is 137 Å². The molecule has 126 valence electrons. The first-order valence-corrected chi connectivity index (χ1v) is 8.23. The number of hydrogen-bond donors (Lipinski definition) is 2. The minimum absolute atomic E-state index is 0.00288. The molecule has 0 aliphatic carbocycles. The van der Waals surface area contributed by atoms with Gasteiger partial charge in [-0.2, -0.15) is 0 Å². The number of carbonyl (C=O) groups is 2. The van der Waals surface area contributed by atoms with Gasteiger partial charge in [0.25, 0.3) is 5.91 Å². The summed E-state index contributed by atoms with van der Waals surface area (Å²) >= 11 is 0. The molecule has 2 rings (SSSR count). The van der Waals surface area contributed by atoms with Crippen LogP contribution in [0.15, 0.2) is 24.3 Å². The fourth-order valence-corrected chi connectivity index (χ4v) is 2.81. The van der Waals surface area contributed by atoms with Crippen molar-refractivity contribution in [1.29, 1.82) is 0 Å². The molecular formula is C18H26N2O3. The molecule has 5 nitrogen and oxygen atoms in total. The van der Waals surface area contributed by atoms with Crippen LogP contribution >= 0.6 is 0 Å². The second-order valence-corrected chi connectivity index (χ2v) is 6.62. The summed E-state index contributed by atoms with van der Waals surface area (Å²) in [6.07, 6.45) is 0.878. The second kappa shape index (κ2) is 7.59. The summed E-state index contributed by atoms with van der Waals surface area (Å²) in [5.41, 5.74) is 1.58. The van der Waals surface area contributed by atoms with E-state index < -0.39 is 6.04 Å². The van der Waals surface area contributed by atoms with Crippen molar-refractivity contribution in [3.8, 4) is 0 Å². The summed E-state index contributed by atoms with van der Waals surface area (Å²) in [5.74, 6) is -0.284. The minimum atomic E-state index is -0.543. The molecule has 0 bridgehead atoms. The highest BCUT2D eigenvalue weighted by Gasteiger charge is 2.31. The van der Waals surface area contributed by atoms with Gasteiger partial charge in [0.1, 0.15) is 6.04 Å². The zero-order valence-corrected chi connectivity index (χ0v) is 14.1. The predicted molar refractivity (Wildman–Crippen MR) is 89.1 cm³/mol. The Morgan fingerprint density at radius 1 is 1.26 bits per heavy atom. The van der Waals surface area contributed by atoms with Crippen LogP contribution in [0.2, 0.25) is 0 Å². The lowest BCUT2D eigenvalue weighted by Crippen LogP contribution is -2.53. The molecule has 1 saturated heterocycles. The number of rotatable bonds is 4. The van der Waals surface area contributed by atoms with E-state index in [9.17, 15) is 14.7 Å². The van der Waals surface area contributed by atoms with E-state index in [2.05, 4.69) is 5.32 Å². The van der Waals surface area contributed by atoms with Gasteiger partial charge in [-0.15, -0.1) is 0 Å². The van der Waals surface area contributed by atoms with Gasteiger partial charge >= 0.3 is 0 Å². The number of benzene rings is 1. The van der Waals surface area contributed by atoms with Crippen LogP contribution in [-0.2, 0) is 4.79 Å². The maximum atomic E-state index is 12.7. The molecule has 23 heavy (non-hydrogen) atoms. The largest absolute Gasteiger partial charge is 0.393 e. The van der Waals surface area contributed by atoms with Gasteiger partial charge in [0.15, 0.2) is 0 Å². The summed E-state index contributed by atoms with van der Waals surface area (Å²) in [6.45, 7) is 6.88. The Morgan fingerprint density at radius 3 is 2.48 bits per heavy atom. The number of nitrogens with one attached hydrogen (secondary N) is 1.